The Morgan fingerprint density at radius 2 is 2.27 bits per heavy atom. The molecule has 0 atom stereocenters. The summed E-state index contributed by atoms with van der Waals surface area (Å²) in [5.74, 6) is -0.453. The lowest BCUT2D eigenvalue weighted by molar-refractivity contribution is 0.631. The molecule has 2 N–H and O–H groups in total. The fourth-order valence-electron chi connectivity index (χ4n) is 0.760. The summed E-state index contributed by atoms with van der Waals surface area (Å²) in [6.07, 6.45) is 0. The molecule has 0 saturated carbocycles. The highest BCUT2D eigenvalue weighted by atomic mass is 19.1. The van der Waals surface area contributed by atoms with Crippen LogP contribution in [0.1, 0.15) is 5.56 Å². The third-order valence-corrected chi connectivity index (χ3v) is 1.33. The van der Waals surface area contributed by atoms with E-state index in [9.17, 15) is 4.39 Å². The lowest BCUT2D eigenvalue weighted by atomic mass is 10.2. The van der Waals surface area contributed by atoms with E-state index in [0.29, 0.717) is 5.56 Å². The molecule has 0 bridgehead atoms. The van der Waals surface area contributed by atoms with Crippen molar-refractivity contribution in [1.82, 2.24) is 0 Å². The first-order chi connectivity index (χ1) is 5.24. The topological polar surface area (TPSA) is 30.4 Å². The summed E-state index contributed by atoms with van der Waals surface area (Å²) in [6, 6.07) is 4.40. The molecule has 0 aliphatic rings. The zero-order chi connectivity index (χ0) is 8.27. The lowest BCUT2D eigenvalue weighted by Gasteiger charge is -1.95. The Labute approximate surface area is 64.3 Å². The molecule has 1 aromatic rings. The van der Waals surface area contributed by atoms with Gasteiger partial charge in [-0.3, -0.25) is 0 Å². The van der Waals surface area contributed by atoms with E-state index in [0.717, 1.165) is 0 Å². The Morgan fingerprint density at radius 1 is 1.55 bits per heavy atom. The van der Waals surface area contributed by atoms with Crippen LogP contribution < -0.4 is 5.73 Å². The van der Waals surface area contributed by atoms with Gasteiger partial charge >= 0.3 is 0 Å². The van der Waals surface area contributed by atoms with Crippen molar-refractivity contribution in [2.45, 2.75) is 6.54 Å². The van der Waals surface area contributed by atoms with E-state index in [1.807, 2.05) is 0 Å². The summed E-state index contributed by atoms with van der Waals surface area (Å²) in [5, 5.41) is 0. The van der Waals surface area contributed by atoms with Gasteiger partial charge in [0.15, 0.2) is 0 Å². The highest BCUT2D eigenvalue weighted by Gasteiger charge is 2.00. The summed E-state index contributed by atoms with van der Waals surface area (Å²) >= 11 is 0. The Kier molecular flexibility index (Phi) is 2.07. The molecule has 11 heavy (non-hydrogen) atoms. The van der Waals surface area contributed by atoms with Gasteiger partial charge in [0.05, 0.1) is 5.69 Å². The highest BCUT2D eigenvalue weighted by Crippen LogP contribution is 2.12. The predicted molar refractivity (Wildman–Crippen MR) is 41.1 cm³/mol. The minimum Gasteiger partial charge on any atom is -0.396 e. The number of halogens is 1. The molecule has 56 valence electrons. The van der Waals surface area contributed by atoms with Gasteiger partial charge in [-0.15, -0.1) is 0 Å². The van der Waals surface area contributed by atoms with Gasteiger partial charge in [0.1, 0.15) is 5.82 Å². The quantitative estimate of drug-likeness (QED) is 0.480. The van der Waals surface area contributed by atoms with Crippen LogP contribution in [0.15, 0.2) is 18.2 Å². The van der Waals surface area contributed by atoms with Crippen molar-refractivity contribution in [1.29, 1.82) is 0 Å². The number of rotatable bonds is 1. The average molecular weight is 150 g/mol. The minimum absolute atomic E-state index is 0.124. The summed E-state index contributed by atoms with van der Waals surface area (Å²) < 4.78 is 12.7. The molecule has 1 aromatic carbocycles. The molecule has 0 radical (unpaired) electrons. The maximum Gasteiger partial charge on any atom is 0.239 e. The summed E-state index contributed by atoms with van der Waals surface area (Å²) in [7, 11) is 0. The zero-order valence-corrected chi connectivity index (χ0v) is 5.84. The third-order valence-electron chi connectivity index (χ3n) is 1.33. The Balaban J connectivity index is 2.98. The summed E-state index contributed by atoms with van der Waals surface area (Å²) in [4.78, 5) is 3.12. The van der Waals surface area contributed by atoms with Crippen LogP contribution in [0.3, 0.4) is 0 Å². The molecule has 1 rings (SSSR count). The van der Waals surface area contributed by atoms with Crippen LogP contribution in [0, 0.1) is 12.4 Å². The average Bonchev–Trinajstić information content (AvgIpc) is 1.98. The first-order valence-corrected chi connectivity index (χ1v) is 3.11. The maximum absolute atomic E-state index is 12.7. The van der Waals surface area contributed by atoms with Crippen molar-refractivity contribution < 1.29 is 4.39 Å². The fourth-order valence-corrected chi connectivity index (χ4v) is 0.760. The molecule has 0 aliphatic carbocycles. The summed E-state index contributed by atoms with van der Waals surface area (Å²) in [6.45, 7) is 6.74. The molecule has 0 aliphatic heterocycles. The van der Waals surface area contributed by atoms with Crippen LogP contribution in [0.2, 0.25) is 0 Å². The smallest absolute Gasteiger partial charge is 0.239 e. The van der Waals surface area contributed by atoms with Gasteiger partial charge in [-0.25, -0.2) is 11.0 Å². The number of nitrogens with zero attached hydrogens (tertiary/aromatic N) is 1. The molecule has 0 unspecified atom stereocenters. The van der Waals surface area contributed by atoms with Gasteiger partial charge < -0.3 is 10.6 Å². The van der Waals surface area contributed by atoms with E-state index in [4.69, 9.17) is 12.3 Å². The molecule has 0 spiro atoms. The van der Waals surface area contributed by atoms with Crippen molar-refractivity contribution in [3.05, 3.63) is 41.0 Å². The van der Waals surface area contributed by atoms with Crippen LogP contribution in [-0.2, 0) is 6.54 Å². The highest BCUT2D eigenvalue weighted by molar-refractivity contribution is 5.41. The number of hydrogen-bond acceptors (Lipinski definition) is 1. The van der Waals surface area contributed by atoms with Crippen LogP contribution in [-0.4, -0.2) is 0 Å². The Hall–Kier alpha value is -1.56. The Bertz CT molecular complexity index is 301. The van der Waals surface area contributed by atoms with Crippen LogP contribution >= 0.6 is 0 Å². The van der Waals surface area contributed by atoms with E-state index >= 15 is 0 Å². The van der Waals surface area contributed by atoms with Gasteiger partial charge in [-0.2, -0.15) is 0 Å². The second kappa shape index (κ2) is 3.02. The Morgan fingerprint density at radius 3 is 2.82 bits per heavy atom. The zero-order valence-electron chi connectivity index (χ0n) is 5.84. The second-order valence-electron chi connectivity index (χ2n) is 2.17. The second-order valence-corrected chi connectivity index (χ2v) is 2.17. The van der Waals surface area contributed by atoms with Crippen molar-refractivity contribution in [2.75, 3.05) is 5.73 Å². The van der Waals surface area contributed by atoms with Gasteiger partial charge in [0.2, 0.25) is 6.54 Å². The minimum atomic E-state index is -0.453. The normalized spacial score (nSPS) is 9.09. The number of nitrogen functional groups attached to an aromatic ring is 1. The van der Waals surface area contributed by atoms with Crippen molar-refractivity contribution in [3.63, 3.8) is 0 Å². The van der Waals surface area contributed by atoms with Crippen molar-refractivity contribution in [2.24, 2.45) is 0 Å². The van der Waals surface area contributed by atoms with E-state index in [2.05, 4.69) is 4.85 Å². The van der Waals surface area contributed by atoms with Crippen molar-refractivity contribution in [3.8, 4) is 0 Å². The van der Waals surface area contributed by atoms with E-state index < -0.39 is 5.82 Å². The first-order valence-electron chi connectivity index (χ1n) is 3.11. The summed E-state index contributed by atoms with van der Waals surface area (Å²) in [5.41, 5.74) is 6.02. The van der Waals surface area contributed by atoms with Crippen LogP contribution in [0.25, 0.3) is 4.85 Å². The van der Waals surface area contributed by atoms with Crippen LogP contribution in [0.5, 0.6) is 0 Å². The third kappa shape index (κ3) is 1.68. The SMILES string of the molecule is [C-]#[N+]Cc1ccc(N)c(F)c1. The standard InChI is InChI=1S/C8H7FN2/c1-11-5-6-2-3-8(10)7(9)4-6/h2-4H,5,10H2. The molecule has 0 amide bonds. The molecule has 0 fully saturated rings. The molecule has 3 heteroatoms. The van der Waals surface area contributed by atoms with E-state index in [1.54, 1.807) is 6.07 Å². The fraction of sp³-hybridized carbons (Fsp3) is 0.125. The molecular formula is C8H7FN2. The van der Waals surface area contributed by atoms with Gasteiger partial charge in [-0.1, -0.05) is 0 Å². The van der Waals surface area contributed by atoms with E-state index in [-0.39, 0.29) is 12.2 Å². The molecule has 2 nitrogen and oxygen atoms in total. The van der Waals surface area contributed by atoms with E-state index in [1.165, 1.54) is 12.1 Å². The number of benzene rings is 1. The number of nitrogens with two attached hydrogens (primary N) is 1. The van der Waals surface area contributed by atoms with Gasteiger partial charge in [0.25, 0.3) is 0 Å². The van der Waals surface area contributed by atoms with Crippen LogP contribution in [0.4, 0.5) is 10.1 Å². The molecule has 0 heterocycles. The maximum atomic E-state index is 12.7. The number of anilines is 1. The van der Waals surface area contributed by atoms with Gasteiger partial charge in [0, 0.05) is 5.56 Å². The van der Waals surface area contributed by atoms with Crippen molar-refractivity contribution >= 4 is 5.69 Å². The molecular weight excluding hydrogens is 143 g/mol. The molecule has 0 aromatic heterocycles. The number of hydrogen-bond donors (Lipinski definition) is 1. The molecule has 0 saturated heterocycles. The largest absolute Gasteiger partial charge is 0.396 e. The predicted octanol–water partition coefficient (Wildman–Crippen LogP) is 1.83. The lowest BCUT2D eigenvalue weighted by Crippen LogP contribution is -1.91. The van der Waals surface area contributed by atoms with Gasteiger partial charge in [-0.05, 0) is 18.2 Å². The monoisotopic (exact) mass is 150 g/mol. The first kappa shape index (κ1) is 7.55.